The average molecular weight is 382 g/mol. The predicted octanol–water partition coefficient (Wildman–Crippen LogP) is 5.17. The smallest absolute Gasteiger partial charge is 0.231 e. The summed E-state index contributed by atoms with van der Waals surface area (Å²) in [5, 5.41) is 15.7. The number of nitriles is 1. The molecule has 3 aromatic rings. The summed E-state index contributed by atoms with van der Waals surface area (Å²) in [7, 11) is 0. The van der Waals surface area contributed by atoms with Crippen molar-refractivity contribution >= 4 is 34.2 Å². The number of benzene rings is 2. The first-order valence-electron chi connectivity index (χ1n) is 7.71. The number of nitrogens with zero attached hydrogens (tertiary/aromatic N) is 2. The van der Waals surface area contributed by atoms with E-state index in [9.17, 15) is 5.26 Å². The van der Waals surface area contributed by atoms with Crippen molar-refractivity contribution in [2.75, 3.05) is 12.1 Å². The number of nitrogens with one attached hydrogen (secondary N) is 1. The van der Waals surface area contributed by atoms with E-state index in [4.69, 9.17) is 21.1 Å². The lowest BCUT2D eigenvalue weighted by atomic mass is 10.1. The topological polar surface area (TPSA) is 67.2 Å². The van der Waals surface area contributed by atoms with Gasteiger partial charge in [-0.2, -0.15) is 5.26 Å². The highest BCUT2D eigenvalue weighted by atomic mass is 35.5. The van der Waals surface area contributed by atoms with Crippen LogP contribution in [0.25, 0.3) is 16.8 Å². The highest BCUT2D eigenvalue weighted by Gasteiger charge is 2.15. The molecule has 0 amide bonds. The third-order valence-electron chi connectivity index (χ3n) is 3.73. The van der Waals surface area contributed by atoms with Gasteiger partial charge in [0.15, 0.2) is 11.5 Å². The maximum atomic E-state index is 9.46. The minimum Gasteiger partial charge on any atom is -0.454 e. The van der Waals surface area contributed by atoms with Gasteiger partial charge in [0.05, 0.1) is 5.69 Å². The molecule has 0 saturated carbocycles. The number of halogens is 1. The number of hydrogen-bond acceptors (Lipinski definition) is 6. The van der Waals surface area contributed by atoms with Crippen LogP contribution >= 0.6 is 22.9 Å². The van der Waals surface area contributed by atoms with E-state index in [1.807, 2.05) is 35.7 Å². The molecule has 4 rings (SSSR count). The molecule has 0 radical (unpaired) electrons. The first kappa shape index (κ1) is 16.5. The quantitative estimate of drug-likeness (QED) is 0.631. The zero-order valence-electron chi connectivity index (χ0n) is 13.4. The Bertz CT molecular complexity index is 1040. The van der Waals surface area contributed by atoms with E-state index < -0.39 is 0 Å². The van der Waals surface area contributed by atoms with Crippen LogP contribution in [0.3, 0.4) is 0 Å². The van der Waals surface area contributed by atoms with Crippen molar-refractivity contribution in [3.63, 3.8) is 0 Å². The number of ether oxygens (including phenoxy) is 2. The van der Waals surface area contributed by atoms with E-state index in [-0.39, 0.29) is 6.79 Å². The normalized spacial score (nSPS) is 12.7. The molecule has 1 aliphatic heterocycles. The molecule has 26 heavy (non-hydrogen) atoms. The number of thiazole rings is 1. The zero-order valence-corrected chi connectivity index (χ0v) is 15.0. The summed E-state index contributed by atoms with van der Waals surface area (Å²) in [6, 6.07) is 15.1. The molecule has 0 saturated heterocycles. The lowest BCUT2D eigenvalue weighted by Crippen LogP contribution is -1.92. The monoisotopic (exact) mass is 381 g/mol. The van der Waals surface area contributed by atoms with Crippen LogP contribution in [-0.4, -0.2) is 11.8 Å². The maximum absolute atomic E-state index is 9.46. The molecule has 1 aromatic heterocycles. The average Bonchev–Trinajstić information content (AvgIpc) is 3.31. The second-order valence-electron chi connectivity index (χ2n) is 5.43. The van der Waals surface area contributed by atoms with Crippen LogP contribution in [0.15, 0.2) is 54.0 Å². The number of hydrogen-bond donors (Lipinski definition) is 1. The van der Waals surface area contributed by atoms with Crippen molar-refractivity contribution in [1.82, 2.24) is 4.98 Å². The van der Waals surface area contributed by atoms with Gasteiger partial charge in [0.1, 0.15) is 16.6 Å². The van der Waals surface area contributed by atoms with Crippen molar-refractivity contribution in [2.24, 2.45) is 0 Å². The minimum atomic E-state index is 0.234. The Morgan fingerprint density at radius 3 is 2.96 bits per heavy atom. The van der Waals surface area contributed by atoms with Gasteiger partial charge in [-0.25, -0.2) is 4.98 Å². The van der Waals surface area contributed by atoms with Gasteiger partial charge in [-0.3, -0.25) is 0 Å². The first-order chi connectivity index (χ1) is 12.7. The second kappa shape index (κ2) is 7.08. The molecule has 1 N–H and O–H groups in total. The minimum absolute atomic E-state index is 0.234. The molecule has 2 heterocycles. The van der Waals surface area contributed by atoms with Crippen molar-refractivity contribution in [2.45, 2.75) is 0 Å². The number of anilines is 1. The van der Waals surface area contributed by atoms with Gasteiger partial charge in [0.25, 0.3) is 0 Å². The number of rotatable bonds is 4. The van der Waals surface area contributed by atoms with E-state index >= 15 is 0 Å². The molecule has 7 heteroatoms. The fourth-order valence-electron chi connectivity index (χ4n) is 2.46. The van der Waals surface area contributed by atoms with E-state index in [1.54, 1.807) is 18.3 Å². The summed E-state index contributed by atoms with van der Waals surface area (Å²) < 4.78 is 10.7. The number of allylic oxidation sites excluding steroid dienone is 1. The maximum Gasteiger partial charge on any atom is 0.231 e. The van der Waals surface area contributed by atoms with Gasteiger partial charge in [-0.15, -0.1) is 11.3 Å². The Hall–Kier alpha value is -3.01. The number of aromatic nitrogens is 1. The van der Waals surface area contributed by atoms with E-state index in [1.165, 1.54) is 11.3 Å². The van der Waals surface area contributed by atoms with Gasteiger partial charge in [-0.05, 0) is 36.4 Å². The Morgan fingerprint density at radius 2 is 2.12 bits per heavy atom. The Labute approximate surface area is 159 Å². The van der Waals surface area contributed by atoms with Crippen molar-refractivity contribution in [3.8, 4) is 28.8 Å². The van der Waals surface area contributed by atoms with Gasteiger partial charge >= 0.3 is 0 Å². The molecule has 0 spiro atoms. The summed E-state index contributed by atoms with van der Waals surface area (Å²) in [5.74, 6) is 1.43. The standard InChI is InChI=1S/C19H12ClN3O2S/c20-14-2-1-3-15(7-14)22-9-13(8-21)19-23-16(10-26-19)12-4-5-17-18(6-12)25-11-24-17/h1-7,9-10,22H,11H2/b13-9+. The molecule has 0 atom stereocenters. The van der Waals surface area contributed by atoms with Crippen molar-refractivity contribution < 1.29 is 9.47 Å². The molecule has 5 nitrogen and oxygen atoms in total. The van der Waals surface area contributed by atoms with Gasteiger partial charge in [-0.1, -0.05) is 17.7 Å². The van der Waals surface area contributed by atoms with E-state index in [0.29, 0.717) is 21.4 Å². The molecule has 0 fully saturated rings. The summed E-state index contributed by atoms with van der Waals surface area (Å²) in [4.78, 5) is 4.57. The van der Waals surface area contributed by atoms with Crippen LogP contribution in [0.2, 0.25) is 5.02 Å². The van der Waals surface area contributed by atoms with Crippen molar-refractivity contribution in [1.29, 1.82) is 5.26 Å². The lowest BCUT2D eigenvalue weighted by molar-refractivity contribution is 0.174. The van der Waals surface area contributed by atoms with Crippen LogP contribution < -0.4 is 14.8 Å². The van der Waals surface area contributed by atoms with Crippen LogP contribution in [0, 0.1) is 11.3 Å². The van der Waals surface area contributed by atoms with E-state index in [2.05, 4.69) is 16.4 Å². The SMILES string of the molecule is N#C/C(=C\Nc1cccc(Cl)c1)c1nc(-c2ccc3c(c2)OCO3)cs1. The van der Waals surface area contributed by atoms with Crippen LogP contribution in [0.4, 0.5) is 5.69 Å². The number of fused-ring (bicyclic) bond motifs is 1. The third kappa shape index (κ3) is 3.36. The summed E-state index contributed by atoms with van der Waals surface area (Å²) in [5.41, 5.74) is 2.95. The van der Waals surface area contributed by atoms with Gasteiger partial charge < -0.3 is 14.8 Å². The fourth-order valence-corrected chi connectivity index (χ4v) is 3.45. The van der Waals surface area contributed by atoms with Crippen LogP contribution in [0.1, 0.15) is 5.01 Å². The molecule has 2 aromatic carbocycles. The van der Waals surface area contributed by atoms with Gasteiger partial charge in [0.2, 0.25) is 6.79 Å². The van der Waals surface area contributed by atoms with Crippen LogP contribution in [-0.2, 0) is 0 Å². The summed E-state index contributed by atoms with van der Waals surface area (Å²) in [6.45, 7) is 0.234. The van der Waals surface area contributed by atoms with E-state index in [0.717, 1.165) is 22.7 Å². The fraction of sp³-hybridized carbons (Fsp3) is 0.0526. The summed E-state index contributed by atoms with van der Waals surface area (Å²) in [6.07, 6.45) is 1.63. The second-order valence-corrected chi connectivity index (χ2v) is 6.72. The molecule has 1 aliphatic rings. The van der Waals surface area contributed by atoms with Crippen LogP contribution in [0.5, 0.6) is 11.5 Å². The predicted molar refractivity (Wildman–Crippen MR) is 102 cm³/mol. The largest absolute Gasteiger partial charge is 0.454 e. The Balaban J connectivity index is 1.57. The molecule has 128 valence electrons. The third-order valence-corrected chi connectivity index (χ3v) is 4.84. The molecule has 0 bridgehead atoms. The zero-order chi connectivity index (χ0) is 17.9. The Kier molecular flexibility index (Phi) is 4.48. The highest BCUT2D eigenvalue weighted by Crippen LogP contribution is 2.36. The summed E-state index contributed by atoms with van der Waals surface area (Å²) >= 11 is 7.38. The Morgan fingerprint density at radius 1 is 1.23 bits per heavy atom. The lowest BCUT2D eigenvalue weighted by Gasteiger charge is -2.02. The molecule has 0 aliphatic carbocycles. The van der Waals surface area contributed by atoms with Gasteiger partial charge in [0, 0.05) is 27.9 Å². The highest BCUT2D eigenvalue weighted by molar-refractivity contribution is 7.11. The molecular formula is C19H12ClN3O2S. The molecule has 0 unspecified atom stereocenters. The molecular weight excluding hydrogens is 370 g/mol. The first-order valence-corrected chi connectivity index (χ1v) is 8.97. The van der Waals surface area contributed by atoms with Crippen molar-refractivity contribution in [3.05, 3.63) is 64.1 Å².